The Labute approximate surface area is 99.8 Å². The minimum atomic E-state index is -0.693. The summed E-state index contributed by atoms with van der Waals surface area (Å²) in [5.74, 6) is -1.42. The summed E-state index contributed by atoms with van der Waals surface area (Å²) in [6.45, 7) is 0. The van der Waals surface area contributed by atoms with E-state index in [1.165, 1.54) is 24.3 Å². The molecule has 2 aromatic rings. The van der Waals surface area contributed by atoms with Crippen molar-refractivity contribution in [3.63, 3.8) is 0 Å². The molecule has 0 atom stereocenters. The summed E-state index contributed by atoms with van der Waals surface area (Å²) in [6.07, 6.45) is 0. The molecule has 2 N–H and O–H groups in total. The average molecular weight is 250 g/mol. The molecule has 0 saturated carbocycles. The van der Waals surface area contributed by atoms with Crippen molar-refractivity contribution in [2.75, 3.05) is 5.32 Å². The van der Waals surface area contributed by atoms with E-state index in [0.29, 0.717) is 5.69 Å². The lowest BCUT2D eigenvalue weighted by Crippen LogP contribution is -2.12. The van der Waals surface area contributed by atoms with E-state index in [9.17, 15) is 19.3 Å². The number of halogens is 1. The quantitative estimate of drug-likeness (QED) is 0.639. The smallest absolute Gasteiger partial charge is 0.343 e. The zero-order valence-corrected chi connectivity index (χ0v) is 8.88. The number of anilines is 1. The lowest BCUT2D eigenvalue weighted by atomic mass is 10.3. The summed E-state index contributed by atoms with van der Waals surface area (Å²) in [6, 6.07) is 6.12. The number of aromatic nitrogens is 2. The molecule has 18 heavy (non-hydrogen) atoms. The van der Waals surface area contributed by atoms with Gasteiger partial charge in [-0.2, -0.15) is 0 Å². The number of carbonyl (C=O) groups excluding carboxylic acids is 1. The van der Waals surface area contributed by atoms with Crippen LogP contribution in [0.15, 0.2) is 30.3 Å². The maximum atomic E-state index is 12.6. The van der Waals surface area contributed by atoms with Crippen LogP contribution in [0.25, 0.3) is 0 Å². The Morgan fingerprint density at radius 1 is 1.39 bits per heavy atom. The van der Waals surface area contributed by atoms with Crippen molar-refractivity contribution in [2.24, 2.45) is 0 Å². The number of nitrogens with zero attached hydrogens (tertiary/aromatic N) is 2. The number of rotatable bonds is 3. The van der Waals surface area contributed by atoms with Gasteiger partial charge in [0.2, 0.25) is 0 Å². The zero-order valence-electron chi connectivity index (χ0n) is 8.88. The van der Waals surface area contributed by atoms with E-state index in [1.54, 1.807) is 0 Å². The van der Waals surface area contributed by atoms with Crippen LogP contribution in [-0.2, 0) is 0 Å². The Morgan fingerprint density at radius 2 is 2.06 bits per heavy atom. The monoisotopic (exact) mass is 250 g/mol. The van der Waals surface area contributed by atoms with Crippen LogP contribution in [0.5, 0.6) is 0 Å². The Hall–Kier alpha value is -2.77. The Kier molecular flexibility index (Phi) is 3.00. The van der Waals surface area contributed by atoms with Crippen molar-refractivity contribution >= 4 is 17.4 Å². The third kappa shape index (κ3) is 2.48. The molecule has 92 valence electrons. The molecule has 0 bridgehead atoms. The van der Waals surface area contributed by atoms with Gasteiger partial charge in [-0.25, -0.2) is 4.39 Å². The molecule has 0 aliphatic rings. The van der Waals surface area contributed by atoms with Gasteiger partial charge < -0.3 is 15.4 Å². The van der Waals surface area contributed by atoms with E-state index in [2.05, 4.69) is 15.5 Å². The summed E-state index contributed by atoms with van der Waals surface area (Å²) in [5, 5.41) is 18.4. The molecule has 8 heteroatoms. The molecule has 0 fully saturated rings. The van der Waals surface area contributed by atoms with E-state index in [0.717, 1.165) is 6.07 Å². The Balaban J connectivity index is 2.11. The highest BCUT2D eigenvalue weighted by Crippen LogP contribution is 2.12. The first-order valence-electron chi connectivity index (χ1n) is 4.83. The fourth-order valence-corrected chi connectivity index (χ4v) is 1.25. The van der Waals surface area contributed by atoms with Crippen LogP contribution in [0.2, 0.25) is 0 Å². The number of hydrogen-bond acceptors (Lipinski definition) is 4. The highest BCUT2D eigenvalue weighted by molar-refractivity contribution is 6.03. The van der Waals surface area contributed by atoms with Crippen LogP contribution >= 0.6 is 0 Å². The van der Waals surface area contributed by atoms with Crippen LogP contribution in [0.1, 0.15) is 10.5 Å². The molecular formula is C10H7FN4O3. The zero-order chi connectivity index (χ0) is 13.1. The van der Waals surface area contributed by atoms with Gasteiger partial charge in [-0.3, -0.25) is 4.79 Å². The summed E-state index contributed by atoms with van der Waals surface area (Å²) >= 11 is 0. The fraction of sp³-hybridized carbons (Fsp3) is 0. The van der Waals surface area contributed by atoms with Gasteiger partial charge in [-0.1, -0.05) is 5.10 Å². The van der Waals surface area contributed by atoms with Gasteiger partial charge in [0.25, 0.3) is 5.91 Å². The van der Waals surface area contributed by atoms with Gasteiger partial charge in [0.15, 0.2) is 5.69 Å². The molecule has 0 unspecified atom stereocenters. The van der Waals surface area contributed by atoms with Gasteiger partial charge in [0, 0.05) is 5.69 Å². The third-order valence-electron chi connectivity index (χ3n) is 2.10. The van der Waals surface area contributed by atoms with Gasteiger partial charge in [-0.15, -0.1) is 5.10 Å². The standard InChI is InChI=1S/C10H7FN4O3/c11-6-1-3-7(4-2-6)12-10(16)8-5-9(14-13-8)15(17)18/h1-5H,(H,12,16)(H,13,14). The molecule has 1 amide bonds. The summed E-state index contributed by atoms with van der Waals surface area (Å²) in [4.78, 5) is 21.3. The molecular weight excluding hydrogens is 243 g/mol. The second-order valence-electron chi connectivity index (χ2n) is 3.36. The summed E-state index contributed by atoms with van der Waals surface area (Å²) in [5.41, 5.74) is 0.248. The summed E-state index contributed by atoms with van der Waals surface area (Å²) < 4.78 is 12.6. The number of hydrogen-bond donors (Lipinski definition) is 2. The third-order valence-corrected chi connectivity index (χ3v) is 2.10. The lowest BCUT2D eigenvalue weighted by molar-refractivity contribution is -0.389. The van der Waals surface area contributed by atoms with Crippen LogP contribution in [0, 0.1) is 15.9 Å². The highest BCUT2D eigenvalue weighted by atomic mass is 19.1. The van der Waals surface area contributed by atoms with Crippen LogP contribution in [0.4, 0.5) is 15.9 Å². The van der Waals surface area contributed by atoms with E-state index in [1.807, 2.05) is 0 Å². The predicted octanol–water partition coefficient (Wildman–Crippen LogP) is 1.71. The molecule has 7 nitrogen and oxygen atoms in total. The minimum absolute atomic E-state index is 0.119. The number of amides is 1. The molecule has 0 radical (unpaired) electrons. The van der Waals surface area contributed by atoms with Gasteiger partial charge >= 0.3 is 5.82 Å². The van der Waals surface area contributed by atoms with Gasteiger partial charge in [0.1, 0.15) is 5.82 Å². The van der Waals surface area contributed by atoms with Gasteiger partial charge in [0.05, 0.1) is 6.07 Å². The largest absolute Gasteiger partial charge is 0.358 e. The number of carbonyl (C=O) groups is 1. The first kappa shape index (κ1) is 11.7. The fourth-order valence-electron chi connectivity index (χ4n) is 1.25. The van der Waals surface area contributed by atoms with E-state index >= 15 is 0 Å². The molecule has 1 aromatic heterocycles. The first-order valence-corrected chi connectivity index (χ1v) is 4.83. The average Bonchev–Trinajstić information content (AvgIpc) is 2.81. The highest BCUT2D eigenvalue weighted by Gasteiger charge is 2.16. The predicted molar refractivity (Wildman–Crippen MR) is 59.6 cm³/mol. The molecule has 0 spiro atoms. The number of nitro groups is 1. The number of benzene rings is 1. The SMILES string of the molecule is O=C(Nc1ccc(F)cc1)c1cc([N+](=O)[O-])[nH]n1. The second kappa shape index (κ2) is 4.62. The Bertz CT molecular complexity index is 593. The maximum Gasteiger partial charge on any atom is 0.343 e. The minimum Gasteiger partial charge on any atom is -0.358 e. The second-order valence-corrected chi connectivity index (χ2v) is 3.36. The van der Waals surface area contributed by atoms with E-state index in [4.69, 9.17) is 0 Å². The topological polar surface area (TPSA) is 101 Å². The molecule has 1 heterocycles. The van der Waals surface area contributed by atoms with Crippen molar-refractivity contribution < 1.29 is 14.1 Å². The van der Waals surface area contributed by atoms with Crippen LogP contribution < -0.4 is 5.32 Å². The summed E-state index contributed by atoms with van der Waals surface area (Å²) in [7, 11) is 0. The van der Waals surface area contributed by atoms with Crippen LogP contribution in [0.3, 0.4) is 0 Å². The molecule has 0 saturated heterocycles. The van der Waals surface area contributed by atoms with Crippen molar-refractivity contribution in [3.05, 3.63) is 52.0 Å². The molecule has 1 aromatic carbocycles. The van der Waals surface area contributed by atoms with E-state index < -0.39 is 16.6 Å². The first-order chi connectivity index (χ1) is 8.56. The normalized spacial score (nSPS) is 10.1. The van der Waals surface area contributed by atoms with E-state index in [-0.39, 0.29) is 11.5 Å². The van der Waals surface area contributed by atoms with Crippen molar-refractivity contribution in [3.8, 4) is 0 Å². The van der Waals surface area contributed by atoms with Crippen molar-refractivity contribution in [1.82, 2.24) is 10.2 Å². The van der Waals surface area contributed by atoms with Gasteiger partial charge in [-0.05, 0) is 29.2 Å². The maximum absolute atomic E-state index is 12.6. The molecule has 2 rings (SSSR count). The van der Waals surface area contributed by atoms with Crippen molar-refractivity contribution in [2.45, 2.75) is 0 Å². The Morgan fingerprint density at radius 3 is 2.61 bits per heavy atom. The molecule has 0 aliphatic heterocycles. The number of aromatic amines is 1. The number of nitrogens with one attached hydrogen (secondary N) is 2. The number of H-pyrrole nitrogens is 1. The molecule has 0 aliphatic carbocycles. The lowest BCUT2D eigenvalue weighted by Gasteiger charge is -2.01. The van der Waals surface area contributed by atoms with Crippen molar-refractivity contribution in [1.29, 1.82) is 0 Å². The van der Waals surface area contributed by atoms with Crippen LogP contribution in [-0.4, -0.2) is 21.0 Å².